The summed E-state index contributed by atoms with van der Waals surface area (Å²) < 4.78 is 14.4. The molecule has 2 aromatic rings. The number of thiazole rings is 1. The van der Waals surface area contributed by atoms with Gasteiger partial charge in [-0.1, -0.05) is 15.9 Å². The molecule has 0 bridgehead atoms. The molecule has 0 saturated carbocycles. The van der Waals surface area contributed by atoms with E-state index in [9.17, 15) is 4.39 Å². The van der Waals surface area contributed by atoms with Crippen LogP contribution in [0.5, 0.6) is 0 Å². The lowest BCUT2D eigenvalue weighted by molar-refractivity contribution is 0.612. The van der Waals surface area contributed by atoms with E-state index in [0.717, 1.165) is 15.3 Å². The van der Waals surface area contributed by atoms with Gasteiger partial charge in [-0.05, 0) is 32.0 Å². The van der Waals surface area contributed by atoms with Gasteiger partial charge in [-0.25, -0.2) is 9.37 Å². The van der Waals surface area contributed by atoms with E-state index in [1.165, 1.54) is 10.9 Å². The van der Waals surface area contributed by atoms with Crippen LogP contribution in [-0.2, 0) is 6.54 Å². The highest BCUT2D eigenvalue weighted by molar-refractivity contribution is 9.10. The van der Waals surface area contributed by atoms with Gasteiger partial charge in [0.1, 0.15) is 5.82 Å². The maximum atomic E-state index is 13.5. The van der Waals surface area contributed by atoms with Crippen molar-refractivity contribution in [3.63, 3.8) is 0 Å². The van der Waals surface area contributed by atoms with E-state index < -0.39 is 0 Å². The van der Waals surface area contributed by atoms with E-state index in [1.54, 1.807) is 23.5 Å². The van der Waals surface area contributed by atoms with Crippen molar-refractivity contribution in [2.45, 2.75) is 20.4 Å². The standard InChI is InChI=1S/C12H12BrFN2S/c1-7-8(2)17-12(16-7)15-6-9-5-10(13)3-4-11(9)14/h3-5H,6H2,1-2H3,(H,15,16). The summed E-state index contributed by atoms with van der Waals surface area (Å²) in [4.78, 5) is 5.53. The first-order valence-corrected chi connectivity index (χ1v) is 6.79. The van der Waals surface area contributed by atoms with E-state index in [4.69, 9.17) is 0 Å². The molecule has 1 N–H and O–H groups in total. The molecule has 5 heteroatoms. The van der Waals surface area contributed by atoms with Gasteiger partial charge in [-0.2, -0.15) is 0 Å². The van der Waals surface area contributed by atoms with Crippen LogP contribution < -0.4 is 5.32 Å². The first-order chi connectivity index (χ1) is 8.06. The van der Waals surface area contributed by atoms with E-state index in [2.05, 4.69) is 26.2 Å². The van der Waals surface area contributed by atoms with Crippen LogP contribution in [0.4, 0.5) is 9.52 Å². The Balaban J connectivity index is 2.09. The van der Waals surface area contributed by atoms with Gasteiger partial charge in [-0.3, -0.25) is 0 Å². The number of hydrogen-bond acceptors (Lipinski definition) is 3. The third-order valence-electron chi connectivity index (χ3n) is 2.47. The van der Waals surface area contributed by atoms with Crippen LogP contribution in [0.3, 0.4) is 0 Å². The van der Waals surface area contributed by atoms with Crippen molar-refractivity contribution in [3.8, 4) is 0 Å². The normalized spacial score (nSPS) is 10.6. The highest BCUT2D eigenvalue weighted by Gasteiger charge is 2.06. The molecular formula is C12H12BrFN2S. The molecule has 0 amide bonds. The number of rotatable bonds is 3. The minimum absolute atomic E-state index is 0.203. The number of benzene rings is 1. The van der Waals surface area contributed by atoms with Crippen LogP contribution in [0, 0.1) is 19.7 Å². The van der Waals surface area contributed by atoms with Crippen LogP contribution >= 0.6 is 27.3 Å². The summed E-state index contributed by atoms with van der Waals surface area (Å²) in [6.07, 6.45) is 0. The lowest BCUT2D eigenvalue weighted by atomic mass is 10.2. The second-order valence-corrected chi connectivity index (χ2v) is 5.87. The molecule has 1 aromatic heterocycles. The molecule has 1 aromatic carbocycles. The highest BCUT2D eigenvalue weighted by atomic mass is 79.9. The lowest BCUT2D eigenvalue weighted by Gasteiger charge is -2.04. The molecule has 0 saturated heterocycles. The fourth-order valence-corrected chi connectivity index (χ4v) is 2.62. The first-order valence-electron chi connectivity index (χ1n) is 5.18. The van der Waals surface area contributed by atoms with E-state index in [-0.39, 0.29) is 5.82 Å². The predicted octanol–water partition coefficient (Wildman–Crippen LogP) is 4.27. The molecular weight excluding hydrogens is 303 g/mol. The third kappa shape index (κ3) is 3.04. The Bertz CT molecular complexity index is 520. The average Bonchev–Trinajstić information content (AvgIpc) is 2.60. The average molecular weight is 315 g/mol. The molecule has 0 aliphatic carbocycles. The van der Waals surface area contributed by atoms with Gasteiger partial charge in [0, 0.05) is 21.5 Å². The molecule has 0 unspecified atom stereocenters. The van der Waals surface area contributed by atoms with Crippen molar-refractivity contribution in [1.82, 2.24) is 4.98 Å². The van der Waals surface area contributed by atoms with Crippen molar-refractivity contribution in [1.29, 1.82) is 0 Å². The van der Waals surface area contributed by atoms with Crippen molar-refractivity contribution in [2.75, 3.05) is 5.32 Å². The van der Waals surface area contributed by atoms with Gasteiger partial charge in [-0.15, -0.1) is 11.3 Å². The number of aromatic nitrogens is 1. The molecule has 0 fully saturated rings. The summed E-state index contributed by atoms with van der Waals surface area (Å²) in [5.41, 5.74) is 1.65. The number of halogens is 2. The van der Waals surface area contributed by atoms with Crippen LogP contribution in [0.1, 0.15) is 16.1 Å². The first kappa shape index (κ1) is 12.5. The molecule has 2 nitrogen and oxygen atoms in total. The summed E-state index contributed by atoms with van der Waals surface area (Å²) in [6, 6.07) is 4.92. The van der Waals surface area contributed by atoms with E-state index in [1.807, 2.05) is 13.8 Å². The third-order valence-corrected chi connectivity index (χ3v) is 3.99. The zero-order valence-corrected chi connectivity index (χ0v) is 12.0. The van der Waals surface area contributed by atoms with Crippen molar-refractivity contribution < 1.29 is 4.39 Å². The topological polar surface area (TPSA) is 24.9 Å². The Morgan fingerprint density at radius 1 is 1.41 bits per heavy atom. The zero-order valence-electron chi connectivity index (χ0n) is 9.55. The SMILES string of the molecule is Cc1nc(NCc2cc(Br)ccc2F)sc1C. The molecule has 0 aliphatic rings. The second kappa shape index (κ2) is 5.14. The van der Waals surface area contributed by atoms with Crippen molar-refractivity contribution in [2.24, 2.45) is 0 Å². The number of nitrogens with zero attached hydrogens (tertiary/aromatic N) is 1. The monoisotopic (exact) mass is 314 g/mol. The Morgan fingerprint density at radius 2 is 2.18 bits per heavy atom. The number of aryl methyl sites for hydroxylation is 2. The molecule has 0 aliphatic heterocycles. The van der Waals surface area contributed by atoms with Gasteiger partial charge in [0.05, 0.1) is 5.69 Å². The minimum Gasteiger partial charge on any atom is -0.357 e. The number of hydrogen-bond donors (Lipinski definition) is 1. The van der Waals surface area contributed by atoms with Crippen LogP contribution in [0.25, 0.3) is 0 Å². The minimum atomic E-state index is -0.203. The van der Waals surface area contributed by atoms with Gasteiger partial charge < -0.3 is 5.32 Å². The molecule has 0 spiro atoms. The van der Waals surface area contributed by atoms with E-state index in [0.29, 0.717) is 12.1 Å². The van der Waals surface area contributed by atoms with Crippen LogP contribution in [0.15, 0.2) is 22.7 Å². The molecule has 17 heavy (non-hydrogen) atoms. The quantitative estimate of drug-likeness (QED) is 0.915. The summed E-state index contributed by atoms with van der Waals surface area (Å²) >= 11 is 4.92. The summed E-state index contributed by atoms with van der Waals surface area (Å²) in [5.74, 6) is -0.203. The Morgan fingerprint density at radius 3 is 2.82 bits per heavy atom. The Kier molecular flexibility index (Phi) is 3.79. The highest BCUT2D eigenvalue weighted by Crippen LogP contribution is 2.22. The van der Waals surface area contributed by atoms with Gasteiger partial charge in [0.15, 0.2) is 5.13 Å². The number of anilines is 1. The lowest BCUT2D eigenvalue weighted by Crippen LogP contribution is -2.01. The summed E-state index contributed by atoms with van der Waals surface area (Å²) in [5, 5.41) is 3.97. The smallest absolute Gasteiger partial charge is 0.183 e. The maximum Gasteiger partial charge on any atom is 0.183 e. The molecule has 90 valence electrons. The van der Waals surface area contributed by atoms with Crippen LogP contribution in [-0.4, -0.2) is 4.98 Å². The summed E-state index contributed by atoms with van der Waals surface area (Å²) in [6.45, 7) is 4.44. The largest absolute Gasteiger partial charge is 0.357 e. The van der Waals surface area contributed by atoms with E-state index >= 15 is 0 Å². The molecule has 0 radical (unpaired) electrons. The molecule has 2 rings (SSSR count). The van der Waals surface area contributed by atoms with Crippen LogP contribution in [0.2, 0.25) is 0 Å². The molecule has 1 heterocycles. The van der Waals surface area contributed by atoms with Gasteiger partial charge in [0.25, 0.3) is 0 Å². The Hall–Kier alpha value is -0.940. The fraction of sp³-hybridized carbons (Fsp3) is 0.250. The Labute approximate surface area is 112 Å². The summed E-state index contributed by atoms with van der Waals surface area (Å²) in [7, 11) is 0. The van der Waals surface area contributed by atoms with Gasteiger partial charge >= 0.3 is 0 Å². The predicted molar refractivity (Wildman–Crippen MR) is 73.0 cm³/mol. The number of nitrogens with one attached hydrogen (secondary N) is 1. The molecule has 0 atom stereocenters. The second-order valence-electron chi connectivity index (χ2n) is 3.75. The maximum absolute atomic E-state index is 13.5. The zero-order chi connectivity index (χ0) is 12.4. The van der Waals surface area contributed by atoms with Crippen molar-refractivity contribution in [3.05, 3.63) is 44.6 Å². The van der Waals surface area contributed by atoms with Crippen molar-refractivity contribution >= 4 is 32.4 Å². The fourth-order valence-electron chi connectivity index (χ4n) is 1.40. The van der Waals surface area contributed by atoms with Gasteiger partial charge in [0.2, 0.25) is 0 Å².